The van der Waals surface area contributed by atoms with Gasteiger partial charge in [0.25, 0.3) is 0 Å². The number of aliphatic hydroxyl groups is 1. The molecule has 156 valence electrons. The minimum atomic E-state index is -0.752. The highest BCUT2D eigenvalue weighted by Crippen LogP contribution is 2.41. The molecule has 0 saturated carbocycles. The Bertz CT molecular complexity index is 1240. The van der Waals surface area contributed by atoms with Crippen LogP contribution in [0.1, 0.15) is 28.6 Å². The number of halogens is 1. The smallest absolute Gasteiger partial charge is 0.228 e. The predicted octanol–water partition coefficient (Wildman–Crippen LogP) is 3.58. The summed E-state index contributed by atoms with van der Waals surface area (Å²) in [5.74, 6) is -0.200. The van der Waals surface area contributed by atoms with Crippen LogP contribution in [0.4, 0.5) is 0 Å². The Morgan fingerprint density at radius 1 is 1.16 bits per heavy atom. The molecule has 3 aromatic rings. The molecule has 1 aliphatic rings. The van der Waals surface area contributed by atoms with Crippen LogP contribution in [0.25, 0.3) is 0 Å². The molecule has 31 heavy (non-hydrogen) atoms. The summed E-state index contributed by atoms with van der Waals surface area (Å²) in [7, 11) is 0. The monoisotopic (exact) mass is 436 g/mol. The van der Waals surface area contributed by atoms with E-state index in [1.54, 1.807) is 36.4 Å². The molecule has 1 unspecified atom stereocenters. The summed E-state index contributed by atoms with van der Waals surface area (Å²) in [6.07, 6.45) is 0. The van der Waals surface area contributed by atoms with Gasteiger partial charge in [-0.25, -0.2) is 0 Å². The number of allylic oxidation sites excluding steroid dienone is 1. The van der Waals surface area contributed by atoms with Crippen molar-refractivity contribution >= 4 is 11.6 Å². The first-order chi connectivity index (χ1) is 15.0. The van der Waals surface area contributed by atoms with Crippen LogP contribution in [0.3, 0.4) is 0 Å². The van der Waals surface area contributed by atoms with Crippen LogP contribution in [0.2, 0.25) is 5.02 Å². The van der Waals surface area contributed by atoms with Crippen molar-refractivity contribution < 1.29 is 19.0 Å². The van der Waals surface area contributed by atoms with Gasteiger partial charge in [-0.1, -0.05) is 35.9 Å². The van der Waals surface area contributed by atoms with Crippen molar-refractivity contribution in [2.75, 3.05) is 0 Å². The SMILES string of the molecule is N#CC1=C(N)Oc2c(oc(CO)cc2=O)C1c1ccc(OCc2ccc(Cl)cc2)cc1. The fourth-order valence-corrected chi connectivity index (χ4v) is 3.42. The average Bonchev–Trinajstić information content (AvgIpc) is 2.78. The first-order valence-electron chi connectivity index (χ1n) is 9.32. The summed E-state index contributed by atoms with van der Waals surface area (Å²) in [5.41, 5.74) is 7.14. The summed E-state index contributed by atoms with van der Waals surface area (Å²) >= 11 is 5.89. The number of nitrogens with zero attached hydrogens (tertiary/aromatic N) is 1. The van der Waals surface area contributed by atoms with E-state index in [1.165, 1.54) is 0 Å². The van der Waals surface area contributed by atoms with E-state index < -0.39 is 18.0 Å². The summed E-state index contributed by atoms with van der Waals surface area (Å²) in [5, 5.41) is 19.7. The standard InChI is InChI=1S/C23H17ClN2O5/c24-15-5-1-13(2-6-15)12-29-16-7-3-14(4-8-16)20-18(10-25)23(26)31-21-19(28)9-17(11-27)30-22(20)21/h1-9,20,27H,11-12,26H2. The first-order valence-corrected chi connectivity index (χ1v) is 9.70. The summed E-state index contributed by atoms with van der Waals surface area (Å²) in [6.45, 7) is -0.102. The van der Waals surface area contributed by atoms with E-state index in [0.717, 1.165) is 11.6 Å². The van der Waals surface area contributed by atoms with Crippen molar-refractivity contribution in [2.24, 2.45) is 5.73 Å². The molecule has 0 radical (unpaired) electrons. The van der Waals surface area contributed by atoms with Gasteiger partial charge in [0.15, 0.2) is 5.76 Å². The molecule has 0 amide bonds. The molecule has 1 atom stereocenters. The van der Waals surface area contributed by atoms with E-state index in [9.17, 15) is 15.2 Å². The van der Waals surface area contributed by atoms with Crippen molar-refractivity contribution in [1.82, 2.24) is 0 Å². The van der Waals surface area contributed by atoms with Gasteiger partial charge < -0.3 is 24.7 Å². The van der Waals surface area contributed by atoms with E-state index in [2.05, 4.69) is 0 Å². The van der Waals surface area contributed by atoms with Gasteiger partial charge in [-0.15, -0.1) is 0 Å². The number of benzene rings is 2. The van der Waals surface area contributed by atoms with Gasteiger partial charge in [0, 0.05) is 11.1 Å². The lowest BCUT2D eigenvalue weighted by Gasteiger charge is -2.24. The summed E-state index contributed by atoms with van der Waals surface area (Å²) in [4.78, 5) is 12.4. The second-order valence-corrected chi connectivity index (χ2v) is 7.27. The third-order valence-corrected chi connectivity index (χ3v) is 5.07. The van der Waals surface area contributed by atoms with Crippen molar-refractivity contribution in [3.63, 3.8) is 0 Å². The van der Waals surface area contributed by atoms with Gasteiger partial charge in [0.05, 0.1) is 5.92 Å². The molecule has 3 N–H and O–H groups in total. The van der Waals surface area contributed by atoms with E-state index >= 15 is 0 Å². The maximum Gasteiger partial charge on any atom is 0.228 e. The molecule has 2 aromatic carbocycles. The summed E-state index contributed by atoms with van der Waals surface area (Å²) in [6, 6.07) is 17.5. The average molecular weight is 437 g/mol. The van der Waals surface area contributed by atoms with Crippen LogP contribution in [-0.4, -0.2) is 5.11 Å². The van der Waals surface area contributed by atoms with E-state index in [-0.39, 0.29) is 28.7 Å². The Labute approximate surface area is 182 Å². The van der Waals surface area contributed by atoms with Crippen molar-refractivity contribution in [1.29, 1.82) is 5.26 Å². The highest BCUT2D eigenvalue weighted by Gasteiger charge is 2.35. The predicted molar refractivity (Wildman–Crippen MR) is 112 cm³/mol. The van der Waals surface area contributed by atoms with E-state index in [4.69, 9.17) is 31.2 Å². The van der Waals surface area contributed by atoms with Crippen LogP contribution >= 0.6 is 11.6 Å². The van der Waals surface area contributed by atoms with Gasteiger partial charge >= 0.3 is 0 Å². The number of nitrogens with two attached hydrogens (primary N) is 1. The van der Waals surface area contributed by atoms with E-state index in [0.29, 0.717) is 22.9 Å². The maximum atomic E-state index is 12.4. The molecular weight excluding hydrogens is 420 g/mol. The molecule has 0 spiro atoms. The third-order valence-electron chi connectivity index (χ3n) is 4.82. The Balaban J connectivity index is 1.65. The second-order valence-electron chi connectivity index (χ2n) is 6.84. The number of ether oxygens (including phenoxy) is 2. The topological polar surface area (TPSA) is 119 Å². The Morgan fingerprint density at radius 3 is 2.52 bits per heavy atom. The molecule has 1 aliphatic heterocycles. The van der Waals surface area contributed by atoms with Gasteiger partial charge in [0.1, 0.15) is 36.4 Å². The van der Waals surface area contributed by atoms with Crippen LogP contribution < -0.4 is 20.6 Å². The molecule has 2 heterocycles. The van der Waals surface area contributed by atoms with Gasteiger partial charge in [-0.2, -0.15) is 5.26 Å². The summed E-state index contributed by atoms with van der Waals surface area (Å²) < 4.78 is 16.8. The molecule has 7 nitrogen and oxygen atoms in total. The highest BCUT2D eigenvalue weighted by molar-refractivity contribution is 6.30. The Kier molecular flexibility index (Phi) is 5.67. The Morgan fingerprint density at radius 2 is 1.87 bits per heavy atom. The van der Waals surface area contributed by atoms with E-state index in [1.807, 2.05) is 18.2 Å². The lowest BCUT2D eigenvalue weighted by atomic mass is 9.87. The fraction of sp³-hybridized carbons (Fsp3) is 0.130. The number of hydrogen-bond acceptors (Lipinski definition) is 7. The number of fused-ring (bicyclic) bond motifs is 1. The second kappa shape index (κ2) is 8.56. The van der Waals surface area contributed by atoms with Crippen LogP contribution in [-0.2, 0) is 13.2 Å². The quantitative estimate of drug-likeness (QED) is 0.627. The van der Waals surface area contributed by atoms with Gasteiger partial charge in [-0.3, -0.25) is 4.79 Å². The van der Waals surface area contributed by atoms with Crippen LogP contribution in [0, 0.1) is 11.3 Å². The first kappa shape index (κ1) is 20.5. The molecule has 4 rings (SSSR count). The zero-order valence-corrected chi connectivity index (χ0v) is 16.9. The minimum absolute atomic E-state index is 0.0676. The van der Waals surface area contributed by atoms with Gasteiger partial charge in [0.2, 0.25) is 17.1 Å². The van der Waals surface area contributed by atoms with Crippen molar-refractivity contribution in [3.8, 4) is 17.6 Å². The largest absolute Gasteiger partial charge is 0.489 e. The van der Waals surface area contributed by atoms with Crippen molar-refractivity contribution in [2.45, 2.75) is 19.1 Å². The number of hydrogen-bond donors (Lipinski definition) is 2. The van der Waals surface area contributed by atoms with Crippen molar-refractivity contribution in [3.05, 3.63) is 104 Å². The lowest BCUT2D eigenvalue weighted by molar-refractivity contribution is 0.231. The zero-order valence-electron chi connectivity index (χ0n) is 16.2. The molecule has 0 fully saturated rings. The lowest BCUT2D eigenvalue weighted by Crippen LogP contribution is -2.25. The number of rotatable bonds is 5. The van der Waals surface area contributed by atoms with Crippen LogP contribution in [0.5, 0.6) is 11.5 Å². The third kappa shape index (κ3) is 4.12. The Hall–Kier alpha value is -3.73. The fourth-order valence-electron chi connectivity index (χ4n) is 3.30. The molecule has 1 aromatic heterocycles. The van der Waals surface area contributed by atoms with Crippen LogP contribution in [0.15, 0.2) is 75.3 Å². The molecule has 0 aliphatic carbocycles. The number of nitriles is 1. The number of aliphatic hydroxyl groups excluding tert-OH is 1. The molecular formula is C23H17ClN2O5. The molecule has 0 bridgehead atoms. The zero-order chi connectivity index (χ0) is 22.0. The normalized spacial score (nSPS) is 15.1. The highest BCUT2D eigenvalue weighted by atomic mass is 35.5. The molecule has 8 heteroatoms. The maximum absolute atomic E-state index is 12.4. The molecule has 0 saturated heterocycles. The minimum Gasteiger partial charge on any atom is -0.489 e. The van der Waals surface area contributed by atoms with Gasteiger partial charge in [-0.05, 0) is 35.4 Å².